The standard InChI is InChI=1S/C21H21N3O2/c1-3-13-23-17-12-8-7-11-16(17)22-20-19(23)18(14(2)25)21(26)24(20)15-9-5-4-6-10-15/h3-12,18-20,22H,1,13H2,2H3/t18-,19-,20-/m0/s1. The fourth-order valence-corrected chi connectivity index (χ4v) is 4.08. The van der Waals surface area contributed by atoms with Crippen LogP contribution in [-0.4, -0.2) is 30.4 Å². The zero-order valence-electron chi connectivity index (χ0n) is 14.6. The van der Waals surface area contributed by atoms with E-state index >= 15 is 0 Å². The maximum absolute atomic E-state index is 13.2. The molecule has 26 heavy (non-hydrogen) atoms. The van der Waals surface area contributed by atoms with Gasteiger partial charge in [-0.05, 0) is 31.2 Å². The molecule has 1 amide bonds. The summed E-state index contributed by atoms with van der Waals surface area (Å²) < 4.78 is 0. The summed E-state index contributed by atoms with van der Waals surface area (Å²) in [6.45, 7) is 5.93. The molecule has 0 unspecified atom stereocenters. The number of nitrogens with zero attached hydrogens (tertiary/aromatic N) is 2. The quantitative estimate of drug-likeness (QED) is 0.682. The fourth-order valence-electron chi connectivity index (χ4n) is 4.08. The highest BCUT2D eigenvalue weighted by molar-refractivity contribution is 6.12. The van der Waals surface area contributed by atoms with E-state index in [0.717, 1.165) is 17.1 Å². The first-order valence-corrected chi connectivity index (χ1v) is 8.75. The Bertz CT molecular complexity index is 865. The van der Waals surface area contributed by atoms with Gasteiger partial charge in [-0.2, -0.15) is 0 Å². The second kappa shape index (κ2) is 6.33. The molecular formula is C21H21N3O2. The molecule has 3 atom stereocenters. The van der Waals surface area contributed by atoms with Crippen molar-refractivity contribution in [3.8, 4) is 0 Å². The molecule has 5 heteroatoms. The number of hydrogen-bond donors (Lipinski definition) is 1. The van der Waals surface area contributed by atoms with E-state index in [0.29, 0.717) is 6.54 Å². The van der Waals surface area contributed by atoms with Gasteiger partial charge in [-0.25, -0.2) is 0 Å². The van der Waals surface area contributed by atoms with Crippen LogP contribution >= 0.6 is 0 Å². The predicted octanol–water partition coefficient (Wildman–Crippen LogP) is 3.05. The average Bonchev–Trinajstić information content (AvgIpc) is 2.94. The third-order valence-corrected chi connectivity index (χ3v) is 5.12. The van der Waals surface area contributed by atoms with Crippen LogP contribution < -0.4 is 15.1 Å². The minimum Gasteiger partial charge on any atom is -0.361 e. The minimum absolute atomic E-state index is 0.112. The Kier molecular flexibility index (Phi) is 3.99. The molecular weight excluding hydrogens is 326 g/mol. The van der Waals surface area contributed by atoms with Gasteiger partial charge in [0.05, 0.1) is 17.4 Å². The molecule has 2 aliphatic rings. The van der Waals surface area contributed by atoms with E-state index in [4.69, 9.17) is 0 Å². The van der Waals surface area contributed by atoms with E-state index in [2.05, 4.69) is 16.8 Å². The predicted molar refractivity (Wildman–Crippen MR) is 103 cm³/mol. The number of hydrogen-bond acceptors (Lipinski definition) is 4. The number of para-hydroxylation sites is 3. The number of anilines is 3. The van der Waals surface area contributed by atoms with Crippen LogP contribution in [0, 0.1) is 5.92 Å². The molecule has 2 aromatic carbocycles. The van der Waals surface area contributed by atoms with Crippen LogP contribution in [0.15, 0.2) is 67.3 Å². The summed E-state index contributed by atoms with van der Waals surface area (Å²) in [5.41, 5.74) is 2.73. The number of nitrogens with one attached hydrogen (secondary N) is 1. The molecule has 132 valence electrons. The lowest BCUT2D eigenvalue weighted by molar-refractivity contribution is -0.129. The van der Waals surface area contributed by atoms with Crippen molar-refractivity contribution in [1.82, 2.24) is 0 Å². The van der Waals surface area contributed by atoms with Gasteiger partial charge in [0.15, 0.2) is 0 Å². The SMILES string of the molecule is C=CCN1c2ccccc2N[C@@H]2[C@@H]1[C@H](C(C)=O)C(=O)N2c1ccccc1. The van der Waals surface area contributed by atoms with Gasteiger partial charge in [-0.1, -0.05) is 36.4 Å². The van der Waals surface area contributed by atoms with Crippen molar-refractivity contribution < 1.29 is 9.59 Å². The van der Waals surface area contributed by atoms with E-state index in [1.807, 2.05) is 60.7 Å². The number of ketones is 1. The van der Waals surface area contributed by atoms with E-state index in [1.165, 1.54) is 6.92 Å². The number of fused-ring (bicyclic) bond motifs is 2. The number of amides is 1. The molecule has 2 heterocycles. The topological polar surface area (TPSA) is 52.7 Å². The van der Waals surface area contributed by atoms with Crippen LogP contribution in [0.2, 0.25) is 0 Å². The van der Waals surface area contributed by atoms with Gasteiger partial charge in [-0.15, -0.1) is 6.58 Å². The van der Waals surface area contributed by atoms with Gasteiger partial charge < -0.3 is 10.2 Å². The van der Waals surface area contributed by atoms with Crippen molar-refractivity contribution >= 4 is 28.8 Å². The Balaban J connectivity index is 1.87. The van der Waals surface area contributed by atoms with Crippen molar-refractivity contribution in [1.29, 1.82) is 0 Å². The molecule has 1 N–H and O–H groups in total. The summed E-state index contributed by atoms with van der Waals surface area (Å²) in [6.07, 6.45) is 1.50. The molecule has 0 radical (unpaired) electrons. The monoisotopic (exact) mass is 347 g/mol. The van der Waals surface area contributed by atoms with Crippen LogP contribution in [0.25, 0.3) is 0 Å². The zero-order valence-corrected chi connectivity index (χ0v) is 14.6. The van der Waals surface area contributed by atoms with Crippen molar-refractivity contribution in [3.05, 3.63) is 67.3 Å². The number of carbonyl (C=O) groups is 2. The second-order valence-corrected chi connectivity index (χ2v) is 6.67. The summed E-state index contributed by atoms with van der Waals surface area (Å²) >= 11 is 0. The van der Waals surface area contributed by atoms with Crippen LogP contribution in [0.3, 0.4) is 0 Å². The molecule has 0 spiro atoms. The average molecular weight is 347 g/mol. The van der Waals surface area contributed by atoms with E-state index in [9.17, 15) is 9.59 Å². The summed E-state index contributed by atoms with van der Waals surface area (Å²) in [4.78, 5) is 29.5. The molecule has 0 aromatic heterocycles. The van der Waals surface area contributed by atoms with Gasteiger partial charge in [0.1, 0.15) is 17.9 Å². The van der Waals surface area contributed by atoms with Gasteiger partial charge in [0, 0.05) is 12.2 Å². The normalized spacial score (nSPS) is 23.9. The van der Waals surface area contributed by atoms with Crippen LogP contribution in [0.1, 0.15) is 6.92 Å². The molecule has 5 nitrogen and oxygen atoms in total. The lowest BCUT2D eigenvalue weighted by atomic mass is 9.93. The van der Waals surface area contributed by atoms with E-state index in [-0.39, 0.29) is 23.9 Å². The van der Waals surface area contributed by atoms with Gasteiger partial charge in [0.25, 0.3) is 0 Å². The highest BCUT2D eigenvalue weighted by atomic mass is 16.2. The molecule has 2 aliphatic heterocycles. The lowest BCUT2D eigenvalue weighted by Gasteiger charge is -2.43. The maximum atomic E-state index is 13.2. The smallest absolute Gasteiger partial charge is 0.241 e. The molecule has 0 saturated carbocycles. The maximum Gasteiger partial charge on any atom is 0.241 e. The summed E-state index contributed by atoms with van der Waals surface area (Å²) in [5, 5.41) is 3.49. The number of carbonyl (C=O) groups excluding carboxylic acids is 2. The Morgan fingerprint density at radius 2 is 1.85 bits per heavy atom. The van der Waals surface area contributed by atoms with Crippen molar-refractivity contribution in [2.45, 2.75) is 19.1 Å². The minimum atomic E-state index is -0.707. The first kappa shape index (κ1) is 16.4. The van der Waals surface area contributed by atoms with Gasteiger partial charge in [0.2, 0.25) is 5.91 Å². The largest absolute Gasteiger partial charge is 0.361 e. The van der Waals surface area contributed by atoms with Gasteiger partial charge in [-0.3, -0.25) is 14.5 Å². The highest BCUT2D eigenvalue weighted by Crippen LogP contribution is 2.43. The van der Waals surface area contributed by atoms with Crippen molar-refractivity contribution in [3.63, 3.8) is 0 Å². The van der Waals surface area contributed by atoms with E-state index in [1.54, 1.807) is 4.90 Å². The number of rotatable bonds is 4. The first-order valence-electron chi connectivity index (χ1n) is 8.75. The first-order chi connectivity index (χ1) is 12.6. The zero-order chi connectivity index (χ0) is 18.3. The molecule has 0 aliphatic carbocycles. The summed E-state index contributed by atoms with van der Waals surface area (Å²) in [6, 6.07) is 17.2. The second-order valence-electron chi connectivity index (χ2n) is 6.67. The molecule has 4 rings (SSSR count). The van der Waals surface area contributed by atoms with Gasteiger partial charge >= 0.3 is 0 Å². The molecule has 0 bridgehead atoms. The van der Waals surface area contributed by atoms with Crippen molar-refractivity contribution in [2.24, 2.45) is 5.92 Å². The lowest BCUT2D eigenvalue weighted by Crippen LogP contribution is -2.55. The number of benzene rings is 2. The Morgan fingerprint density at radius 1 is 1.15 bits per heavy atom. The van der Waals surface area contributed by atoms with Crippen molar-refractivity contribution in [2.75, 3.05) is 21.7 Å². The Hall–Kier alpha value is -3.08. The summed E-state index contributed by atoms with van der Waals surface area (Å²) in [5.74, 6) is -0.979. The Morgan fingerprint density at radius 3 is 2.54 bits per heavy atom. The van der Waals surface area contributed by atoms with Crippen LogP contribution in [0.4, 0.5) is 17.1 Å². The third kappa shape index (κ3) is 2.39. The Labute approximate surface area is 152 Å². The molecule has 2 aromatic rings. The number of Topliss-reactive ketones (excluding diaryl/α,β-unsaturated/α-hetero) is 1. The molecule has 1 fully saturated rings. The fraction of sp³-hybridized carbons (Fsp3) is 0.238. The van der Waals surface area contributed by atoms with Crippen LogP contribution in [0.5, 0.6) is 0 Å². The summed E-state index contributed by atoms with van der Waals surface area (Å²) in [7, 11) is 0. The highest BCUT2D eigenvalue weighted by Gasteiger charge is 2.55. The third-order valence-electron chi connectivity index (χ3n) is 5.12. The van der Waals surface area contributed by atoms with Crippen LogP contribution in [-0.2, 0) is 9.59 Å². The van der Waals surface area contributed by atoms with E-state index < -0.39 is 5.92 Å². The molecule has 1 saturated heterocycles.